The van der Waals surface area contributed by atoms with Crippen LogP contribution < -0.4 is 14.8 Å². The van der Waals surface area contributed by atoms with Crippen LogP contribution in [0.15, 0.2) is 30.5 Å². The number of nitrogens with one attached hydrogen (secondary N) is 1. The van der Waals surface area contributed by atoms with Crippen LogP contribution in [0.4, 0.5) is 4.79 Å². The van der Waals surface area contributed by atoms with Crippen LogP contribution in [-0.4, -0.2) is 70.6 Å². The van der Waals surface area contributed by atoms with Gasteiger partial charge in [0.1, 0.15) is 13.2 Å². The van der Waals surface area contributed by atoms with Gasteiger partial charge in [0.2, 0.25) is 0 Å². The van der Waals surface area contributed by atoms with E-state index in [1.165, 1.54) is 0 Å². The lowest BCUT2D eigenvalue weighted by molar-refractivity contribution is 0.0861. The van der Waals surface area contributed by atoms with Crippen molar-refractivity contribution < 1.29 is 23.8 Å². The molecular formula is C26H31N5O5. The zero-order chi connectivity index (χ0) is 25.2. The van der Waals surface area contributed by atoms with E-state index in [-0.39, 0.29) is 24.1 Å². The fourth-order valence-corrected chi connectivity index (χ4v) is 4.62. The minimum atomic E-state index is -0.303. The van der Waals surface area contributed by atoms with E-state index in [0.29, 0.717) is 79.5 Å². The van der Waals surface area contributed by atoms with Gasteiger partial charge in [-0.15, -0.1) is 0 Å². The maximum atomic E-state index is 13.5. The summed E-state index contributed by atoms with van der Waals surface area (Å²) in [5, 5.41) is 8.37. The summed E-state index contributed by atoms with van der Waals surface area (Å²) in [6.07, 6.45) is 2.73. The van der Waals surface area contributed by atoms with Gasteiger partial charge in [0, 0.05) is 30.7 Å². The quantitative estimate of drug-likeness (QED) is 0.576. The zero-order valence-electron chi connectivity index (χ0n) is 20.8. The van der Waals surface area contributed by atoms with Gasteiger partial charge in [0.15, 0.2) is 17.1 Å². The Morgan fingerprint density at radius 1 is 1.14 bits per heavy atom. The van der Waals surface area contributed by atoms with E-state index in [1.807, 2.05) is 42.8 Å². The molecule has 4 heterocycles. The molecule has 1 saturated heterocycles. The molecule has 1 aromatic carbocycles. The number of carbonyl (C=O) groups excluding carboxylic acids is 2. The highest BCUT2D eigenvalue weighted by molar-refractivity contribution is 6.06. The van der Waals surface area contributed by atoms with Gasteiger partial charge < -0.3 is 24.4 Å². The largest absolute Gasteiger partial charge is 0.486 e. The smallest absolute Gasteiger partial charge is 0.409 e. The number of benzene rings is 1. The molecule has 0 spiro atoms. The number of hydrogen-bond acceptors (Lipinski definition) is 7. The van der Waals surface area contributed by atoms with Gasteiger partial charge in [-0.05, 0) is 57.9 Å². The van der Waals surface area contributed by atoms with Crippen molar-refractivity contribution in [1.82, 2.24) is 25.0 Å². The first-order valence-electron chi connectivity index (χ1n) is 12.5. The maximum absolute atomic E-state index is 13.5. The monoisotopic (exact) mass is 493 g/mol. The number of likely N-dealkylation sites (tertiary alicyclic amines) is 1. The highest BCUT2D eigenvalue weighted by Crippen LogP contribution is 2.35. The Morgan fingerprint density at radius 3 is 2.61 bits per heavy atom. The molecule has 5 rings (SSSR count). The average molecular weight is 494 g/mol. The van der Waals surface area contributed by atoms with E-state index < -0.39 is 0 Å². The Balaban J connectivity index is 1.43. The van der Waals surface area contributed by atoms with Crippen LogP contribution in [0.2, 0.25) is 0 Å². The number of carbonyl (C=O) groups is 2. The molecule has 2 aliphatic heterocycles. The Labute approximate surface area is 209 Å². The van der Waals surface area contributed by atoms with Gasteiger partial charge in [-0.1, -0.05) is 0 Å². The lowest BCUT2D eigenvalue weighted by atomic mass is 10.0. The summed E-state index contributed by atoms with van der Waals surface area (Å²) < 4.78 is 18.3. The van der Waals surface area contributed by atoms with Crippen molar-refractivity contribution in [2.45, 2.75) is 45.7 Å². The van der Waals surface area contributed by atoms with Crippen LogP contribution in [0, 0.1) is 0 Å². The first kappa shape index (κ1) is 23.9. The van der Waals surface area contributed by atoms with Crippen LogP contribution >= 0.6 is 0 Å². The van der Waals surface area contributed by atoms with Crippen LogP contribution in [0.5, 0.6) is 11.5 Å². The summed E-state index contributed by atoms with van der Waals surface area (Å²) in [7, 11) is 0. The van der Waals surface area contributed by atoms with Crippen molar-refractivity contribution >= 4 is 23.0 Å². The predicted octanol–water partition coefficient (Wildman–Crippen LogP) is 3.80. The third kappa shape index (κ3) is 4.67. The van der Waals surface area contributed by atoms with Crippen LogP contribution in [0.1, 0.15) is 50.0 Å². The SMILES string of the molecule is CCOC(=O)N1CCC(NC(=O)c2cc(-c3ccc4c(c3)OCCO4)nc3c2cnn3C(C)C)CC1. The first-order valence-corrected chi connectivity index (χ1v) is 12.5. The highest BCUT2D eigenvalue weighted by atomic mass is 16.6. The van der Waals surface area contributed by atoms with E-state index in [9.17, 15) is 9.59 Å². The third-order valence-corrected chi connectivity index (χ3v) is 6.49. The second-order valence-corrected chi connectivity index (χ2v) is 9.27. The highest BCUT2D eigenvalue weighted by Gasteiger charge is 2.26. The fraction of sp³-hybridized carbons (Fsp3) is 0.462. The van der Waals surface area contributed by atoms with Crippen molar-refractivity contribution in [3.05, 3.63) is 36.0 Å². The molecule has 3 aromatic rings. The second-order valence-electron chi connectivity index (χ2n) is 9.27. The number of fused-ring (bicyclic) bond motifs is 2. The average Bonchev–Trinajstić information content (AvgIpc) is 3.33. The van der Waals surface area contributed by atoms with Crippen molar-refractivity contribution in [1.29, 1.82) is 0 Å². The number of ether oxygens (including phenoxy) is 3. The fourth-order valence-electron chi connectivity index (χ4n) is 4.62. The summed E-state index contributed by atoms with van der Waals surface area (Å²) in [5.74, 6) is 1.18. The number of hydrogen-bond donors (Lipinski definition) is 1. The predicted molar refractivity (Wildman–Crippen MR) is 133 cm³/mol. The molecule has 0 unspecified atom stereocenters. The number of piperidine rings is 1. The van der Waals surface area contributed by atoms with Crippen molar-refractivity contribution in [2.24, 2.45) is 0 Å². The molecule has 0 radical (unpaired) electrons. The summed E-state index contributed by atoms with van der Waals surface area (Å²) in [4.78, 5) is 32.1. The molecule has 1 fully saturated rings. The van der Waals surface area contributed by atoms with E-state index >= 15 is 0 Å². The van der Waals surface area contributed by atoms with Gasteiger partial charge in [-0.3, -0.25) is 4.79 Å². The van der Waals surface area contributed by atoms with Gasteiger partial charge in [0.25, 0.3) is 5.91 Å². The minimum absolute atomic E-state index is 0.0377. The summed E-state index contributed by atoms with van der Waals surface area (Å²) in [6.45, 7) is 8.31. The first-order chi connectivity index (χ1) is 17.4. The Bertz CT molecular complexity index is 1280. The molecule has 10 nitrogen and oxygen atoms in total. The molecule has 2 amide bonds. The normalized spacial score (nSPS) is 15.8. The van der Waals surface area contributed by atoms with Crippen molar-refractivity contribution in [2.75, 3.05) is 32.9 Å². The summed E-state index contributed by atoms with van der Waals surface area (Å²) in [6, 6.07) is 7.53. The van der Waals surface area contributed by atoms with E-state index in [2.05, 4.69) is 10.4 Å². The Morgan fingerprint density at radius 2 is 1.89 bits per heavy atom. The van der Waals surface area contributed by atoms with Crippen LogP contribution in [-0.2, 0) is 4.74 Å². The van der Waals surface area contributed by atoms with E-state index in [1.54, 1.807) is 18.0 Å². The molecule has 0 saturated carbocycles. The van der Waals surface area contributed by atoms with Crippen molar-refractivity contribution in [3.63, 3.8) is 0 Å². The molecule has 2 aromatic heterocycles. The number of pyridine rings is 1. The topological polar surface area (TPSA) is 108 Å². The molecular weight excluding hydrogens is 462 g/mol. The maximum Gasteiger partial charge on any atom is 0.409 e. The van der Waals surface area contributed by atoms with E-state index in [4.69, 9.17) is 19.2 Å². The summed E-state index contributed by atoms with van der Waals surface area (Å²) in [5.41, 5.74) is 2.66. The number of amides is 2. The zero-order valence-corrected chi connectivity index (χ0v) is 20.8. The Kier molecular flexibility index (Phi) is 6.67. The molecule has 0 aliphatic carbocycles. The molecule has 1 N–H and O–H groups in total. The number of nitrogens with zero attached hydrogens (tertiary/aromatic N) is 4. The van der Waals surface area contributed by atoms with Gasteiger partial charge >= 0.3 is 6.09 Å². The third-order valence-electron chi connectivity index (χ3n) is 6.49. The molecule has 0 atom stereocenters. The molecule has 190 valence electrons. The second kappa shape index (κ2) is 10.0. The molecule has 0 bridgehead atoms. The van der Waals surface area contributed by atoms with Crippen molar-refractivity contribution in [3.8, 4) is 22.8 Å². The molecule has 36 heavy (non-hydrogen) atoms. The standard InChI is InChI=1S/C26H31N5O5/c1-4-34-26(33)30-9-7-18(8-10-30)28-25(32)19-14-21(29-24-20(19)15-27-31(24)16(2)3)17-5-6-22-23(13-17)36-12-11-35-22/h5-6,13-16,18H,4,7-12H2,1-3H3,(H,28,32). The van der Waals surface area contributed by atoms with Crippen LogP contribution in [0.3, 0.4) is 0 Å². The molecule has 2 aliphatic rings. The van der Waals surface area contributed by atoms with Crippen LogP contribution in [0.25, 0.3) is 22.3 Å². The lowest BCUT2D eigenvalue weighted by Gasteiger charge is -2.31. The number of rotatable bonds is 5. The molecule has 10 heteroatoms. The lowest BCUT2D eigenvalue weighted by Crippen LogP contribution is -2.46. The van der Waals surface area contributed by atoms with Gasteiger partial charge in [-0.2, -0.15) is 5.10 Å². The van der Waals surface area contributed by atoms with Gasteiger partial charge in [0.05, 0.1) is 29.4 Å². The minimum Gasteiger partial charge on any atom is -0.486 e. The summed E-state index contributed by atoms with van der Waals surface area (Å²) >= 11 is 0. The number of aromatic nitrogens is 3. The van der Waals surface area contributed by atoms with E-state index in [0.717, 1.165) is 5.56 Å². The van der Waals surface area contributed by atoms with Gasteiger partial charge in [-0.25, -0.2) is 14.5 Å². The Hall–Kier alpha value is -3.82.